The van der Waals surface area contributed by atoms with Crippen LogP contribution in [0.5, 0.6) is 5.75 Å². The van der Waals surface area contributed by atoms with Crippen molar-refractivity contribution in [1.29, 1.82) is 0 Å². The molecule has 2 heterocycles. The summed E-state index contributed by atoms with van der Waals surface area (Å²) in [6, 6.07) is 19.7. The molecule has 1 saturated heterocycles. The van der Waals surface area contributed by atoms with Crippen molar-refractivity contribution >= 4 is 40.5 Å². The monoisotopic (exact) mass is 525 g/mol. The highest BCUT2D eigenvalue weighted by molar-refractivity contribution is 6.39. The average molecular weight is 526 g/mol. The van der Waals surface area contributed by atoms with Crippen molar-refractivity contribution in [1.82, 2.24) is 9.88 Å². The van der Waals surface area contributed by atoms with Gasteiger partial charge in [0.25, 0.3) is 11.8 Å². The maximum Gasteiger partial charge on any atom is 0.335 e. The number of nitrogens with one attached hydrogen (secondary N) is 1. The van der Waals surface area contributed by atoms with Crippen LogP contribution in [0.15, 0.2) is 84.6 Å². The largest absolute Gasteiger partial charge is 0.491 e. The first-order valence-electron chi connectivity index (χ1n) is 12.8. The summed E-state index contributed by atoms with van der Waals surface area (Å²) in [6.45, 7) is 5.29. The smallest absolute Gasteiger partial charge is 0.335 e. The zero-order chi connectivity index (χ0) is 27.5. The fraction of sp³-hybridized carbons (Fsp3) is 0.194. The third-order valence-corrected chi connectivity index (χ3v) is 6.96. The number of carbonyl (C=O) groups excluding carboxylic acids is 3. The zero-order valence-electron chi connectivity index (χ0n) is 21.7. The minimum Gasteiger partial charge on any atom is -0.491 e. The van der Waals surface area contributed by atoms with Gasteiger partial charge < -0.3 is 9.30 Å². The minimum atomic E-state index is -0.883. The van der Waals surface area contributed by atoms with Crippen molar-refractivity contribution in [3.8, 4) is 5.75 Å². The van der Waals surface area contributed by atoms with Crippen molar-refractivity contribution < 1.29 is 23.5 Å². The normalized spacial score (nSPS) is 15.6. The van der Waals surface area contributed by atoms with Gasteiger partial charge in [0, 0.05) is 22.7 Å². The number of aromatic nitrogens is 1. The Balaban J connectivity index is 1.43. The molecule has 39 heavy (non-hydrogen) atoms. The first-order valence-corrected chi connectivity index (χ1v) is 12.8. The third-order valence-electron chi connectivity index (χ3n) is 6.96. The zero-order valence-corrected chi connectivity index (χ0v) is 21.7. The molecule has 1 N–H and O–H groups in total. The van der Waals surface area contributed by atoms with E-state index in [0.717, 1.165) is 40.1 Å². The SMILES string of the molecule is CC[C@H](C)c1ccccc1OCCn1cc(/C=C2/C(=O)NC(=O)N(c3ccc(F)cc3)C2=O)c2ccccc21. The summed E-state index contributed by atoms with van der Waals surface area (Å²) in [4.78, 5) is 39.3. The Morgan fingerprint density at radius 2 is 1.69 bits per heavy atom. The second-order valence-electron chi connectivity index (χ2n) is 9.42. The maximum absolute atomic E-state index is 13.4. The Kier molecular flexibility index (Phi) is 7.27. The quantitative estimate of drug-likeness (QED) is 0.225. The number of halogens is 1. The molecule has 8 heteroatoms. The molecular formula is C31H28FN3O4. The van der Waals surface area contributed by atoms with E-state index in [1.165, 1.54) is 23.8 Å². The van der Waals surface area contributed by atoms with Gasteiger partial charge in [-0.25, -0.2) is 14.1 Å². The summed E-state index contributed by atoms with van der Waals surface area (Å²) in [5.41, 5.74) is 2.70. The van der Waals surface area contributed by atoms with Crippen molar-refractivity contribution in [3.63, 3.8) is 0 Å². The number of hydrogen-bond donors (Lipinski definition) is 1. The first-order chi connectivity index (χ1) is 18.9. The lowest BCUT2D eigenvalue weighted by molar-refractivity contribution is -0.122. The van der Waals surface area contributed by atoms with Crippen molar-refractivity contribution in [3.05, 3.63) is 102 Å². The van der Waals surface area contributed by atoms with Crippen LogP contribution in [0.1, 0.15) is 37.3 Å². The molecule has 198 valence electrons. The molecule has 1 atom stereocenters. The van der Waals surface area contributed by atoms with Crippen LogP contribution in [-0.2, 0) is 16.1 Å². The fourth-order valence-electron chi connectivity index (χ4n) is 4.71. The number of fused-ring (bicyclic) bond motifs is 1. The third kappa shape index (κ3) is 5.18. The Morgan fingerprint density at radius 3 is 2.46 bits per heavy atom. The molecule has 0 aliphatic carbocycles. The Hall–Kier alpha value is -4.72. The van der Waals surface area contributed by atoms with E-state index in [-0.39, 0.29) is 11.3 Å². The predicted molar refractivity (Wildman–Crippen MR) is 148 cm³/mol. The molecule has 1 fully saturated rings. The number of imide groups is 2. The number of rotatable bonds is 8. The summed E-state index contributed by atoms with van der Waals surface area (Å²) in [7, 11) is 0. The standard InChI is InChI=1S/C31H28FN3O4/c1-3-20(2)24-8-5-7-11-28(24)39-17-16-34-19-21(25-9-4-6-10-27(25)34)18-26-29(36)33-31(38)35(30(26)37)23-14-12-22(32)13-15-23/h4-15,18-20H,3,16-17H2,1-2H3,(H,33,36,38)/b26-18-/t20-/m0/s1. The van der Waals surface area contributed by atoms with E-state index >= 15 is 0 Å². The second-order valence-corrected chi connectivity index (χ2v) is 9.42. The summed E-state index contributed by atoms with van der Waals surface area (Å²) < 4.78 is 21.6. The number of anilines is 1. The highest BCUT2D eigenvalue weighted by Crippen LogP contribution is 2.29. The molecule has 0 bridgehead atoms. The van der Waals surface area contributed by atoms with Crippen LogP contribution in [0.25, 0.3) is 17.0 Å². The lowest BCUT2D eigenvalue weighted by Crippen LogP contribution is -2.54. The fourth-order valence-corrected chi connectivity index (χ4v) is 4.71. The topological polar surface area (TPSA) is 80.6 Å². The lowest BCUT2D eigenvalue weighted by atomic mass is 9.98. The number of ether oxygens (including phenoxy) is 1. The summed E-state index contributed by atoms with van der Waals surface area (Å²) in [5.74, 6) is -0.828. The van der Waals surface area contributed by atoms with Crippen LogP contribution in [0, 0.1) is 5.82 Å². The molecule has 0 unspecified atom stereocenters. The minimum absolute atomic E-state index is 0.162. The maximum atomic E-state index is 13.4. The molecule has 4 aromatic rings. The van der Waals surface area contributed by atoms with Crippen molar-refractivity contribution in [2.24, 2.45) is 0 Å². The number of hydrogen-bond acceptors (Lipinski definition) is 4. The van der Waals surface area contributed by atoms with Gasteiger partial charge in [-0.15, -0.1) is 0 Å². The van der Waals surface area contributed by atoms with Crippen LogP contribution in [0.2, 0.25) is 0 Å². The number of para-hydroxylation sites is 2. The van der Waals surface area contributed by atoms with Crippen molar-refractivity contribution in [2.75, 3.05) is 11.5 Å². The van der Waals surface area contributed by atoms with Gasteiger partial charge in [0.15, 0.2) is 0 Å². The van der Waals surface area contributed by atoms with Gasteiger partial charge in [0.05, 0.1) is 12.2 Å². The van der Waals surface area contributed by atoms with Gasteiger partial charge in [-0.3, -0.25) is 14.9 Å². The number of barbiturate groups is 1. The Labute approximate surface area is 225 Å². The Bertz CT molecular complexity index is 1590. The molecule has 1 aliphatic rings. The molecular weight excluding hydrogens is 497 g/mol. The van der Waals surface area contributed by atoms with E-state index < -0.39 is 23.7 Å². The van der Waals surface area contributed by atoms with E-state index in [0.29, 0.717) is 24.6 Å². The molecule has 4 amide bonds. The molecule has 0 radical (unpaired) electrons. The second kappa shape index (κ2) is 10.9. The first kappa shape index (κ1) is 25.9. The van der Waals surface area contributed by atoms with Crippen LogP contribution in [0.3, 0.4) is 0 Å². The number of benzene rings is 3. The number of carbonyl (C=O) groups is 3. The molecule has 7 nitrogen and oxygen atoms in total. The average Bonchev–Trinajstić information content (AvgIpc) is 3.29. The number of urea groups is 1. The Morgan fingerprint density at radius 1 is 0.974 bits per heavy atom. The molecule has 1 aliphatic heterocycles. The van der Waals surface area contributed by atoms with Gasteiger partial charge in [-0.2, -0.15) is 0 Å². The number of amides is 4. The summed E-state index contributed by atoms with van der Waals surface area (Å²) in [6.07, 6.45) is 4.36. The van der Waals surface area contributed by atoms with E-state index in [2.05, 4.69) is 25.2 Å². The van der Waals surface area contributed by atoms with Gasteiger partial charge in [0.1, 0.15) is 23.7 Å². The number of nitrogens with zero attached hydrogens (tertiary/aromatic N) is 2. The van der Waals surface area contributed by atoms with Gasteiger partial charge in [-0.05, 0) is 60.4 Å². The van der Waals surface area contributed by atoms with Crippen LogP contribution >= 0.6 is 0 Å². The molecule has 5 rings (SSSR count). The molecule has 0 saturated carbocycles. The summed E-state index contributed by atoms with van der Waals surface area (Å²) >= 11 is 0. The molecule has 3 aromatic carbocycles. The lowest BCUT2D eigenvalue weighted by Gasteiger charge is -2.26. The van der Waals surface area contributed by atoms with Crippen LogP contribution in [0.4, 0.5) is 14.9 Å². The summed E-state index contributed by atoms with van der Waals surface area (Å²) in [5, 5.41) is 3.05. The molecule has 1 aromatic heterocycles. The van der Waals surface area contributed by atoms with Gasteiger partial charge in [0.2, 0.25) is 0 Å². The van der Waals surface area contributed by atoms with E-state index in [1.807, 2.05) is 53.2 Å². The van der Waals surface area contributed by atoms with Crippen LogP contribution in [-0.4, -0.2) is 29.0 Å². The highest BCUT2D eigenvalue weighted by Gasteiger charge is 2.37. The van der Waals surface area contributed by atoms with Gasteiger partial charge in [-0.1, -0.05) is 50.2 Å². The van der Waals surface area contributed by atoms with Crippen LogP contribution < -0.4 is 15.0 Å². The predicted octanol–water partition coefficient (Wildman–Crippen LogP) is 6.04. The van der Waals surface area contributed by atoms with E-state index in [9.17, 15) is 18.8 Å². The van der Waals surface area contributed by atoms with Crippen molar-refractivity contribution in [2.45, 2.75) is 32.7 Å². The van der Waals surface area contributed by atoms with E-state index in [4.69, 9.17) is 4.74 Å². The van der Waals surface area contributed by atoms with Gasteiger partial charge >= 0.3 is 6.03 Å². The van der Waals surface area contributed by atoms with E-state index in [1.54, 1.807) is 0 Å². The molecule has 0 spiro atoms. The highest BCUT2D eigenvalue weighted by atomic mass is 19.1.